The van der Waals surface area contributed by atoms with Crippen LogP contribution in [0.3, 0.4) is 0 Å². The molecule has 0 atom stereocenters. The van der Waals surface area contributed by atoms with Crippen molar-refractivity contribution in [2.45, 2.75) is 13.8 Å². The predicted molar refractivity (Wildman–Crippen MR) is 88.8 cm³/mol. The number of ether oxygens (including phenoxy) is 1. The Bertz CT molecular complexity index is 839. The molecule has 1 aromatic heterocycles. The number of rotatable bonds is 5. The number of aryl methyl sites for hydroxylation is 1. The number of hydrogen-bond acceptors (Lipinski definition) is 5. The Balaban J connectivity index is 2.15. The van der Waals surface area contributed by atoms with Crippen molar-refractivity contribution in [1.29, 1.82) is 5.26 Å². The normalized spacial score (nSPS) is 10.4. The first-order valence-electron chi connectivity index (χ1n) is 7.13. The molecule has 122 valence electrons. The van der Waals surface area contributed by atoms with E-state index in [2.05, 4.69) is 5.32 Å². The molecule has 0 fully saturated rings. The average molecular weight is 324 g/mol. The van der Waals surface area contributed by atoms with Crippen molar-refractivity contribution in [2.75, 3.05) is 12.4 Å². The molecule has 0 radical (unpaired) electrons. The SMILES string of the molecule is COc1ccc(/C=C/C(=O)Nc2oc(C)c(C(C)=O)c2C#N)cc1. The molecule has 1 heterocycles. The van der Waals surface area contributed by atoms with E-state index in [1.165, 1.54) is 13.0 Å². The van der Waals surface area contributed by atoms with Gasteiger partial charge in [0.15, 0.2) is 5.78 Å². The van der Waals surface area contributed by atoms with Gasteiger partial charge in [0.2, 0.25) is 5.88 Å². The molecule has 0 saturated carbocycles. The van der Waals surface area contributed by atoms with Crippen LogP contribution in [0.5, 0.6) is 5.75 Å². The maximum Gasteiger partial charge on any atom is 0.250 e. The fraction of sp³-hybridized carbons (Fsp3) is 0.167. The second-order valence-electron chi connectivity index (χ2n) is 5.00. The quantitative estimate of drug-likeness (QED) is 0.673. The minimum absolute atomic E-state index is 0.0235. The van der Waals surface area contributed by atoms with Crippen LogP contribution in [0.1, 0.15) is 34.2 Å². The fourth-order valence-electron chi connectivity index (χ4n) is 2.20. The molecule has 6 heteroatoms. The van der Waals surface area contributed by atoms with Gasteiger partial charge < -0.3 is 9.15 Å². The standard InChI is InChI=1S/C18H16N2O4/c1-11(21)17-12(2)24-18(15(17)10-19)20-16(22)9-6-13-4-7-14(23-3)8-5-13/h4-9H,1-3H3,(H,20,22)/b9-6+. The van der Waals surface area contributed by atoms with Crippen LogP contribution < -0.4 is 10.1 Å². The van der Waals surface area contributed by atoms with Crippen LogP contribution in [0.25, 0.3) is 6.08 Å². The number of anilines is 1. The third-order valence-electron chi connectivity index (χ3n) is 3.33. The number of nitriles is 1. The van der Waals surface area contributed by atoms with Gasteiger partial charge in [-0.3, -0.25) is 14.9 Å². The summed E-state index contributed by atoms with van der Waals surface area (Å²) in [7, 11) is 1.58. The number of nitrogens with zero attached hydrogens (tertiary/aromatic N) is 1. The molecule has 1 N–H and O–H groups in total. The van der Waals surface area contributed by atoms with Crippen LogP contribution in [-0.2, 0) is 4.79 Å². The van der Waals surface area contributed by atoms with Crippen LogP contribution in [0.2, 0.25) is 0 Å². The average Bonchev–Trinajstić information content (AvgIpc) is 2.88. The molecular weight excluding hydrogens is 308 g/mol. The van der Waals surface area contributed by atoms with Crippen molar-refractivity contribution < 1.29 is 18.7 Å². The summed E-state index contributed by atoms with van der Waals surface area (Å²) in [6.07, 6.45) is 2.93. The zero-order chi connectivity index (χ0) is 17.7. The summed E-state index contributed by atoms with van der Waals surface area (Å²) in [6.45, 7) is 2.91. The van der Waals surface area contributed by atoms with Gasteiger partial charge in [-0.05, 0) is 37.6 Å². The topological polar surface area (TPSA) is 92.3 Å². The summed E-state index contributed by atoms with van der Waals surface area (Å²) < 4.78 is 10.4. The molecule has 0 spiro atoms. The van der Waals surface area contributed by atoms with E-state index in [9.17, 15) is 14.9 Å². The highest BCUT2D eigenvalue weighted by Gasteiger charge is 2.21. The lowest BCUT2D eigenvalue weighted by Gasteiger charge is -2.00. The first kappa shape index (κ1) is 17.0. The lowest BCUT2D eigenvalue weighted by atomic mass is 10.1. The third-order valence-corrected chi connectivity index (χ3v) is 3.33. The van der Waals surface area contributed by atoms with E-state index in [0.29, 0.717) is 5.76 Å². The highest BCUT2D eigenvalue weighted by Crippen LogP contribution is 2.26. The van der Waals surface area contributed by atoms with Crippen molar-refractivity contribution in [3.8, 4) is 11.8 Å². The molecule has 2 aromatic rings. The van der Waals surface area contributed by atoms with Gasteiger partial charge in [0.1, 0.15) is 23.1 Å². The molecule has 24 heavy (non-hydrogen) atoms. The minimum Gasteiger partial charge on any atom is -0.497 e. The molecule has 0 saturated heterocycles. The number of nitrogens with one attached hydrogen (secondary N) is 1. The molecule has 2 rings (SSSR count). The predicted octanol–water partition coefficient (Wildman–Crippen LogP) is 3.32. The van der Waals surface area contributed by atoms with Crippen molar-refractivity contribution >= 4 is 23.7 Å². The molecule has 6 nitrogen and oxygen atoms in total. The molecule has 0 aliphatic carbocycles. The highest BCUT2D eigenvalue weighted by atomic mass is 16.5. The number of amides is 1. The van der Waals surface area contributed by atoms with Gasteiger partial charge in [0, 0.05) is 6.08 Å². The van der Waals surface area contributed by atoms with Gasteiger partial charge >= 0.3 is 0 Å². The maximum absolute atomic E-state index is 12.0. The smallest absolute Gasteiger partial charge is 0.250 e. The zero-order valence-electron chi connectivity index (χ0n) is 13.5. The van der Waals surface area contributed by atoms with E-state index in [1.807, 2.05) is 6.07 Å². The number of benzene rings is 1. The first-order valence-corrected chi connectivity index (χ1v) is 7.13. The van der Waals surface area contributed by atoms with Crippen LogP contribution >= 0.6 is 0 Å². The van der Waals surface area contributed by atoms with Crippen molar-refractivity contribution in [3.63, 3.8) is 0 Å². The largest absolute Gasteiger partial charge is 0.497 e. The Kier molecular flexibility index (Phi) is 5.17. The molecule has 0 aliphatic rings. The molecule has 0 bridgehead atoms. The van der Waals surface area contributed by atoms with E-state index in [4.69, 9.17) is 9.15 Å². The third kappa shape index (κ3) is 3.70. The number of Topliss-reactive ketones (excluding diaryl/α,β-unsaturated/α-hetero) is 1. The summed E-state index contributed by atoms with van der Waals surface area (Å²) in [6, 6.07) is 9.05. The van der Waals surface area contributed by atoms with Crippen LogP contribution in [0, 0.1) is 18.3 Å². The fourth-order valence-corrected chi connectivity index (χ4v) is 2.20. The summed E-state index contributed by atoms with van der Waals surface area (Å²) in [5.74, 6) is 0.240. The number of hydrogen-bond donors (Lipinski definition) is 1. The number of furan rings is 1. The lowest BCUT2D eigenvalue weighted by Crippen LogP contribution is -2.08. The summed E-state index contributed by atoms with van der Waals surface area (Å²) in [4.78, 5) is 23.6. The van der Waals surface area contributed by atoms with Gasteiger partial charge in [0.05, 0.1) is 12.7 Å². The van der Waals surface area contributed by atoms with Gasteiger partial charge in [0.25, 0.3) is 5.91 Å². The van der Waals surface area contributed by atoms with Crippen LogP contribution in [0.15, 0.2) is 34.8 Å². The molecule has 1 aromatic carbocycles. The summed E-state index contributed by atoms with van der Waals surface area (Å²) in [5.41, 5.74) is 1.03. The second-order valence-corrected chi connectivity index (χ2v) is 5.00. The number of methoxy groups -OCH3 is 1. The number of ketones is 1. The second kappa shape index (κ2) is 7.29. The van der Waals surface area contributed by atoms with Crippen LogP contribution in [0.4, 0.5) is 5.88 Å². The highest BCUT2D eigenvalue weighted by molar-refractivity contribution is 6.04. The summed E-state index contributed by atoms with van der Waals surface area (Å²) >= 11 is 0. The maximum atomic E-state index is 12.0. The molecule has 0 aliphatic heterocycles. The van der Waals surface area contributed by atoms with Gasteiger partial charge in [-0.15, -0.1) is 0 Å². The Morgan fingerprint density at radius 1 is 1.29 bits per heavy atom. The van der Waals surface area contributed by atoms with Crippen LogP contribution in [-0.4, -0.2) is 18.8 Å². The number of carbonyl (C=O) groups excluding carboxylic acids is 2. The Hall–Kier alpha value is -3.33. The minimum atomic E-state index is -0.467. The van der Waals surface area contributed by atoms with Crippen molar-refractivity contribution in [1.82, 2.24) is 0 Å². The molecule has 1 amide bonds. The monoisotopic (exact) mass is 324 g/mol. The van der Waals surface area contributed by atoms with E-state index in [1.54, 1.807) is 44.4 Å². The van der Waals surface area contributed by atoms with E-state index in [-0.39, 0.29) is 22.8 Å². The zero-order valence-corrected chi connectivity index (χ0v) is 13.5. The Morgan fingerprint density at radius 3 is 2.50 bits per heavy atom. The van der Waals surface area contributed by atoms with Crippen molar-refractivity contribution in [2.24, 2.45) is 0 Å². The van der Waals surface area contributed by atoms with E-state index < -0.39 is 5.91 Å². The number of carbonyl (C=O) groups is 2. The van der Waals surface area contributed by atoms with Gasteiger partial charge in [-0.1, -0.05) is 12.1 Å². The Morgan fingerprint density at radius 2 is 1.96 bits per heavy atom. The Labute approximate surface area is 139 Å². The van der Waals surface area contributed by atoms with E-state index in [0.717, 1.165) is 11.3 Å². The lowest BCUT2D eigenvalue weighted by molar-refractivity contribution is -0.111. The summed E-state index contributed by atoms with van der Waals surface area (Å²) in [5, 5.41) is 11.7. The molecular formula is C18H16N2O4. The van der Waals surface area contributed by atoms with Crippen molar-refractivity contribution in [3.05, 3.63) is 52.8 Å². The van der Waals surface area contributed by atoms with Gasteiger partial charge in [-0.25, -0.2) is 0 Å². The first-order chi connectivity index (χ1) is 11.5. The van der Waals surface area contributed by atoms with E-state index >= 15 is 0 Å². The molecule has 0 unspecified atom stereocenters. The van der Waals surface area contributed by atoms with Gasteiger partial charge in [-0.2, -0.15) is 5.26 Å².